The molecule has 2 aromatic rings. The van der Waals surface area contributed by atoms with E-state index < -0.39 is 0 Å². The molecule has 2 heterocycles. The Morgan fingerprint density at radius 2 is 1.82 bits per heavy atom. The molecule has 2 rings (SSSR count). The largest absolute Gasteiger partial charge is 0.419 e. The molecule has 5 nitrogen and oxygen atoms in total. The highest BCUT2D eigenvalue weighted by atomic mass is 16.4. The third-order valence-corrected chi connectivity index (χ3v) is 2.65. The lowest BCUT2D eigenvalue weighted by molar-refractivity contribution is 0.264. The van der Waals surface area contributed by atoms with Crippen LogP contribution in [-0.4, -0.2) is 33.2 Å². The molecule has 2 aromatic heterocycles. The fraction of sp³-hybridized carbons (Fsp3) is 0.417. The summed E-state index contributed by atoms with van der Waals surface area (Å²) < 4.78 is 5.61. The van der Waals surface area contributed by atoms with Crippen LogP contribution in [0, 0.1) is 0 Å². The average molecular weight is 232 g/mol. The first-order valence-corrected chi connectivity index (χ1v) is 5.78. The summed E-state index contributed by atoms with van der Waals surface area (Å²) in [5.41, 5.74) is 0.901. The first-order chi connectivity index (χ1) is 8.33. The van der Waals surface area contributed by atoms with Gasteiger partial charge in [0.1, 0.15) is 0 Å². The summed E-state index contributed by atoms with van der Waals surface area (Å²) >= 11 is 0. The summed E-state index contributed by atoms with van der Waals surface area (Å²) in [6, 6.07) is 3.71. The standard InChI is InChI=1S/C12H16N4O/c1-3-16(4-2)9-11-14-15-12(17-11)10-5-7-13-8-6-10/h5-8H,3-4,9H2,1-2H3. The minimum atomic E-state index is 0.551. The summed E-state index contributed by atoms with van der Waals surface area (Å²) in [5.74, 6) is 1.20. The van der Waals surface area contributed by atoms with Gasteiger partial charge >= 0.3 is 0 Å². The molecule has 0 aliphatic heterocycles. The Kier molecular flexibility index (Phi) is 3.82. The van der Waals surface area contributed by atoms with E-state index in [0.29, 0.717) is 18.3 Å². The Bertz CT molecular complexity index is 451. The lowest BCUT2D eigenvalue weighted by Gasteiger charge is -2.14. The van der Waals surface area contributed by atoms with Crippen LogP contribution >= 0.6 is 0 Å². The Balaban J connectivity index is 2.11. The predicted octanol–water partition coefficient (Wildman–Crippen LogP) is 1.97. The van der Waals surface area contributed by atoms with E-state index in [0.717, 1.165) is 18.7 Å². The Morgan fingerprint density at radius 3 is 2.47 bits per heavy atom. The molecular formula is C12H16N4O. The van der Waals surface area contributed by atoms with E-state index in [1.54, 1.807) is 12.4 Å². The quantitative estimate of drug-likeness (QED) is 0.789. The highest BCUT2D eigenvalue weighted by Crippen LogP contribution is 2.16. The van der Waals surface area contributed by atoms with E-state index >= 15 is 0 Å². The fourth-order valence-electron chi connectivity index (χ4n) is 1.57. The van der Waals surface area contributed by atoms with Gasteiger partial charge in [0.15, 0.2) is 0 Å². The zero-order chi connectivity index (χ0) is 12.1. The topological polar surface area (TPSA) is 55.1 Å². The van der Waals surface area contributed by atoms with E-state index in [1.807, 2.05) is 12.1 Å². The second kappa shape index (κ2) is 5.54. The maximum Gasteiger partial charge on any atom is 0.247 e. The maximum absolute atomic E-state index is 5.61. The number of hydrogen-bond donors (Lipinski definition) is 0. The van der Waals surface area contributed by atoms with Crippen LogP contribution in [0.4, 0.5) is 0 Å². The van der Waals surface area contributed by atoms with Crippen molar-refractivity contribution in [2.45, 2.75) is 20.4 Å². The number of rotatable bonds is 5. The molecule has 0 aromatic carbocycles. The smallest absolute Gasteiger partial charge is 0.247 e. The van der Waals surface area contributed by atoms with Gasteiger partial charge < -0.3 is 4.42 Å². The van der Waals surface area contributed by atoms with Crippen LogP contribution in [0.2, 0.25) is 0 Å². The van der Waals surface area contributed by atoms with Crippen molar-refractivity contribution in [1.29, 1.82) is 0 Å². The van der Waals surface area contributed by atoms with Gasteiger partial charge in [-0.1, -0.05) is 13.8 Å². The molecular weight excluding hydrogens is 216 g/mol. The SMILES string of the molecule is CCN(CC)Cc1nnc(-c2ccncc2)o1. The van der Waals surface area contributed by atoms with Gasteiger partial charge in [-0.3, -0.25) is 9.88 Å². The van der Waals surface area contributed by atoms with E-state index in [1.165, 1.54) is 0 Å². The van der Waals surface area contributed by atoms with E-state index in [2.05, 4.69) is 33.9 Å². The molecule has 0 atom stereocenters. The minimum absolute atomic E-state index is 0.551. The summed E-state index contributed by atoms with van der Waals surface area (Å²) in [5, 5.41) is 8.09. The van der Waals surface area contributed by atoms with Crippen molar-refractivity contribution in [2.24, 2.45) is 0 Å². The van der Waals surface area contributed by atoms with Gasteiger partial charge in [0, 0.05) is 18.0 Å². The third kappa shape index (κ3) is 2.88. The van der Waals surface area contributed by atoms with Gasteiger partial charge in [-0.25, -0.2) is 0 Å². The minimum Gasteiger partial charge on any atom is -0.419 e. The van der Waals surface area contributed by atoms with Gasteiger partial charge in [0.25, 0.3) is 0 Å². The van der Waals surface area contributed by atoms with Crippen molar-refractivity contribution in [3.63, 3.8) is 0 Å². The highest BCUT2D eigenvalue weighted by Gasteiger charge is 2.10. The Labute approximate surface area is 100 Å². The van der Waals surface area contributed by atoms with Crippen molar-refractivity contribution in [2.75, 3.05) is 13.1 Å². The van der Waals surface area contributed by atoms with Crippen LogP contribution in [0.5, 0.6) is 0 Å². The number of pyridine rings is 1. The van der Waals surface area contributed by atoms with Crippen LogP contribution in [0.3, 0.4) is 0 Å². The molecule has 0 radical (unpaired) electrons. The number of nitrogens with zero attached hydrogens (tertiary/aromatic N) is 4. The van der Waals surface area contributed by atoms with Gasteiger partial charge in [0.2, 0.25) is 11.8 Å². The van der Waals surface area contributed by atoms with Crippen LogP contribution in [0.15, 0.2) is 28.9 Å². The second-order valence-electron chi connectivity index (χ2n) is 3.70. The molecule has 0 aliphatic carbocycles. The molecule has 17 heavy (non-hydrogen) atoms. The zero-order valence-corrected chi connectivity index (χ0v) is 10.1. The normalized spacial score (nSPS) is 11.0. The monoisotopic (exact) mass is 232 g/mol. The lowest BCUT2D eigenvalue weighted by atomic mass is 10.3. The zero-order valence-electron chi connectivity index (χ0n) is 10.1. The molecule has 0 saturated heterocycles. The van der Waals surface area contributed by atoms with Crippen molar-refractivity contribution < 1.29 is 4.42 Å². The highest BCUT2D eigenvalue weighted by molar-refractivity contribution is 5.50. The molecule has 0 amide bonds. The summed E-state index contributed by atoms with van der Waals surface area (Å²) in [4.78, 5) is 6.18. The number of hydrogen-bond acceptors (Lipinski definition) is 5. The predicted molar refractivity (Wildman–Crippen MR) is 64.2 cm³/mol. The first kappa shape index (κ1) is 11.7. The third-order valence-electron chi connectivity index (χ3n) is 2.65. The fourth-order valence-corrected chi connectivity index (χ4v) is 1.57. The van der Waals surface area contributed by atoms with E-state index in [4.69, 9.17) is 4.42 Å². The Morgan fingerprint density at radius 1 is 1.12 bits per heavy atom. The van der Waals surface area contributed by atoms with Crippen molar-refractivity contribution >= 4 is 0 Å². The first-order valence-electron chi connectivity index (χ1n) is 5.78. The molecule has 0 unspecified atom stereocenters. The lowest BCUT2D eigenvalue weighted by Crippen LogP contribution is -2.22. The van der Waals surface area contributed by atoms with Crippen LogP contribution in [-0.2, 0) is 6.54 Å². The molecule has 0 bridgehead atoms. The maximum atomic E-state index is 5.61. The average Bonchev–Trinajstić information content (AvgIpc) is 2.85. The van der Waals surface area contributed by atoms with Gasteiger partial charge in [-0.05, 0) is 25.2 Å². The number of aromatic nitrogens is 3. The van der Waals surface area contributed by atoms with Crippen LogP contribution in [0.1, 0.15) is 19.7 Å². The van der Waals surface area contributed by atoms with E-state index in [-0.39, 0.29) is 0 Å². The van der Waals surface area contributed by atoms with Crippen LogP contribution in [0.25, 0.3) is 11.5 Å². The van der Waals surface area contributed by atoms with Gasteiger partial charge in [0.05, 0.1) is 6.54 Å². The summed E-state index contributed by atoms with van der Waals surface area (Å²) in [7, 11) is 0. The van der Waals surface area contributed by atoms with Gasteiger partial charge in [-0.2, -0.15) is 0 Å². The molecule has 0 aliphatic rings. The molecule has 0 saturated carbocycles. The van der Waals surface area contributed by atoms with Gasteiger partial charge in [-0.15, -0.1) is 10.2 Å². The summed E-state index contributed by atoms with van der Waals surface area (Å²) in [6.45, 7) is 6.88. The van der Waals surface area contributed by atoms with E-state index in [9.17, 15) is 0 Å². The molecule has 0 spiro atoms. The van der Waals surface area contributed by atoms with Crippen LogP contribution < -0.4 is 0 Å². The van der Waals surface area contributed by atoms with Crippen molar-refractivity contribution in [3.8, 4) is 11.5 Å². The van der Waals surface area contributed by atoms with Crippen molar-refractivity contribution in [3.05, 3.63) is 30.4 Å². The van der Waals surface area contributed by atoms with Crippen molar-refractivity contribution in [1.82, 2.24) is 20.1 Å². The molecule has 90 valence electrons. The Hall–Kier alpha value is -1.75. The molecule has 0 N–H and O–H groups in total. The second-order valence-corrected chi connectivity index (χ2v) is 3.70. The molecule has 0 fully saturated rings. The summed E-state index contributed by atoms with van der Waals surface area (Å²) in [6.07, 6.45) is 3.42. The molecule has 5 heteroatoms.